The number of aromatic carboxylic acids is 1. The van der Waals surface area contributed by atoms with Gasteiger partial charge in [0, 0.05) is 11.1 Å². The summed E-state index contributed by atoms with van der Waals surface area (Å²) in [5, 5.41) is 17.6. The molecule has 5 nitrogen and oxygen atoms in total. The average molecular weight is 290 g/mol. The SMILES string of the molecule is O=C(O)c1cc(COO)ccc1C(=O)c1ccc(F)cc1. The summed E-state index contributed by atoms with van der Waals surface area (Å²) in [6.07, 6.45) is 0. The molecule has 0 saturated carbocycles. The van der Waals surface area contributed by atoms with Crippen LogP contribution in [0.4, 0.5) is 4.39 Å². The summed E-state index contributed by atoms with van der Waals surface area (Å²) < 4.78 is 12.9. The van der Waals surface area contributed by atoms with E-state index in [1.165, 1.54) is 30.3 Å². The first-order valence-corrected chi connectivity index (χ1v) is 5.96. The Morgan fingerprint density at radius 1 is 1.05 bits per heavy atom. The van der Waals surface area contributed by atoms with Crippen molar-refractivity contribution in [3.8, 4) is 0 Å². The third-order valence-corrected chi connectivity index (χ3v) is 2.90. The Kier molecular flexibility index (Phi) is 4.42. The van der Waals surface area contributed by atoms with Gasteiger partial charge in [0.1, 0.15) is 12.4 Å². The lowest BCUT2D eigenvalue weighted by Gasteiger charge is -2.07. The Labute approximate surface area is 119 Å². The van der Waals surface area contributed by atoms with Crippen molar-refractivity contribution in [1.29, 1.82) is 0 Å². The molecule has 2 rings (SSSR count). The molecule has 108 valence electrons. The molecule has 0 unspecified atom stereocenters. The molecule has 0 bridgehead atoms. The predicted octanol–water partition coefficient (Wildman–Crippen LogP) is 2.74. The highest BCUT2D eigenvalue weighted by atomic mass is 19.1. The first-order valence-electron chi connectivity index (χ1n) is 5.96. The zero-order valence-corrected chi connectivity index (χ0v) is 10.7. The van der Waals surface area contributed by atoms with Gasteiger partial charge in [0.25, 0.3) is 0 Å². The third kappa shape index (κ3) is 3.31. The van der Waals surface area contributed by atoms with Crippen molar-refractivity contribution in [2.75, 3.05) is 0 Å². The van der Waals surface area contributed by atoms with Gasteiger partial charge in [0.05, 0.1) is 5.56 Å². The Morgan fingerprint density at radius 2 is 1.71 bits per heavy atom. The Balaban J connectivity index is 2.44. The second-order valence-electron chi connectivity index (χ2n) is 4.29. The van der Waals surface area contributed by atoms with Crippen LogP contribution in [0.15, 0.2) is 42.5 Å². The first-order chi connectivity index (χ1) is 10.0. The van der Waals surface area contributed by atoms with Gasteiger partial charge in [-0.3, -0.25) is 10.1 Å². The molecule has 6 heteroatoms. The fraction of sp³-hybridized carbons (Fsp3) is 0.0667. The lowest BCUT2D eigenvalue weighted by Crippen LogP contribution is -2.10. The number of carbonyl (C=O) groups is 2. The molecule has 0 radical (unpaired) electrons. The van der Waals surface area contributed by atoms with Crippen LogP contribution in [0, 0.1) is 5.82 Å². The van der Waals surface area contributed by atoms with E-state index in [1.54, 1.807) is 0 Å². The molecular formula is C15H11FO5. The highest BCUT2D eigenvalue weighted by molar-refractivity contribution is 6.14. The molecule has 0 saturated heterocycles. The molecule has 2 aromatic rings. The van der Waals surface area contributed by atoms with E-state index in [-0.39, 0.29) is 23.3 Å². The molecule has 2 N–H and O–H groups in total. The van der Waals surface area contributed by atoms with Gasteiger partial charge in [-0.1, -0.05) is 6.07 Å². The maximum atomic E-state index is 12.9. The van der Waals surface area contributed by atoms with Gasteiger partial charge < -0.3 is 5.11 Å². The lowest BCUT2D eigenvalue weighted by molar-refractivity contribution is -0.253. The molecule has 2 aromatic carbocycles. The summed E-state index contributed by atoms with van der Waals surface area (Å²) >= 11 is 0. The van der Waals surface area contributed by atoms with Crippen LogP contribution < -0.4 is 0 Å². The summed E-state index contributed by atoms with van der Waals surface area (Å²) in [4.78, 5) is 27.5. The Hall–Kier alpha value is -2.57. The van der Waals surface area contributed by atoms with Crippen molar-refractivity contribution in [3.63, 3.8) is 0 Å². The van der Waals surface area contributed by atoms with Gasteiger partial charge in [-0.15, -0.1) is 0 Å². The van der Waals surface area contributed by atoms with Crippen LogP contribution >= 0.6 is 0 Å². The summed E-state index contributed by atoms with van der Waals surface area (Å²) in [7, 11) is 0. The predicted molar refractivity (Wildman–Crippen MR) is 70.7 cm³/mol. The molecule has 21 heavy (non-hydrogen) atoms. The second-order valence-corrected chi connectivity index (χ2v) is 4.29. The van der Waals surface area contributed by atoms with E-state index in [4.69, 9.17) is 5.26 Å². The molecule has 0 aliphatic rings. The Bertz CT molecular complexity index is 679. The number of rotatable bonds is 5. The van der Waals surface area contributed by atoms with Gasteiger partial charge >= 0.3 is 5.97 Å². The normalized spacial score (nSPS) is 10.4. The first kappa shape index (κ1) is 14.8. The molecule has 0 heterocycles. The Morgan fingerprint density at radius 3 is 2.29 bits per heavy atom. The minimum absolute atomic E-state index is 0.0178. The number of carboxylic acids is 1. The topological polar surface area (TPSA) is 83.8 Å². The summed E-state index contributed by atoms with van der Waals surface area (Å²) in [6.45, 7) is -0.189. The van der Waals surface area contributed by atoms with Gasteiger partial charge in [-0.2, -0.15) is 0 Å². The molecule has 0 aromatic heterocycles. The van der Waals surface area contributed by atoms with E-state index in [1.807, 2.05) is 0 Å². The zero-order valence-electron chi connectivity index (χ0n) is 10.7. The smallest absolute Gasteiger partial charge is 0.336 e. The van der Waals surface area contributed by atoms with E-state index in [0.29, 0.717) is 5.56 Å². The fourth-order valence-corrected chi connectivity index (χ4v) is 1.89. The molecule has 0 aliphatic heterocycles. The highest BCUT2D eigenvalue weighted by Crippen LogP contribution is 2.18. The van der Waals surface area contributed by atoms with E-state index in [9.17, 15) is 19.1 Å². The van der Waals surface area contributed by atoms with Gasteiger partial charge in [0.2, 0.25) is 0 Å². The number of carbonyl (C=O) groups excluding carboxylic acids is 1. The van der Waals surface area contributed by atoms with Crippen molar-refractivity contribution in [1.82, 2.24) is 0 Å². The van der Waals surface area contributed by atoms with E-state index in [2.05, 4.69) is 4.89 Å². The summed E-state index contributed by atoms with van der Waals surface area (Å²) in [6, 6.07) is 8.88. The molecule has 0 aliphatic carbocycles. The largest absolute Gasteiger partial charge is 0.478 e. The van der Waals surface area contributed by atoms with Crippen LogP contribution in [-0.2, 0) is 11.5 Å². The number of benzene rings is 2. The molecule has 0 spiro atoms. The fourth-order valence-electron chi connectivity index (χ4n) is 1.89. The molecule has 0 amide bonds. The van der Waals surface area contributed by atoms with Gasteiger partial charge in [-0.05, 0) is 42.0 Å². The number of hydrogen-bond acceptors (Lipinski definition) is 4. The van der Waals surface area contributed by atoms with Crippen LogP contribution in [0.2, 0.25) is 0 Å². The van der Waals surface area contributed by atoms with Crippen LogP contribution in [0.25, 0.3) is 0 Å². The van der Waals surface area contributed by atoms with E-state index < -0.39 is 17.6 Å². The van der Waals surface area contributed by atoms with Crippen LogP contribution in [0.1, 0.15) is 31.8 Å². The minimum atomic E-state index is -1.28. The zero-order chi connectivity index (χ0) is 15.4. The van der Waals surface area contributed by atoms with Crippen molar-refractivity contribution in [3.05, 3.63) is 70.5 Å². The molecule has 0 fully saturated rings. The summed E-state index contributed by atoms with van der Waals surface area (Å²) in [5.74, 6) is -2.29. The quantitative estimate of drug-likeness (QED) is 0.502. The van der Waals surface area contributed by atoms with Crippen molar-refractivity contribution >= 4 is 11.8 Å². The molecule has 0 atom stereocenters. The number of hydrogen-bond donors (Lipinski definition) is 2. The maximum Gasteiger partial charge on any atom is 0.336 e. The number of halogens is 1. The van der Waals surface area contributed by atoms with Crippen molar-refractivity contribution in [2.24, 2.45) is 0 Å². The number of ketones is 1. The third-order valence-electron chi connectivity index (χ3n) is 2.90. The minimum Gasteiger partial charge on any atom is -0.478 e. The lowest BCUT2D eigenvalue weighted by atomic mass is 9.96. The highest BCUT2D eigenvalue weighted by Gasteiger charge is 2.18. The van der Waals surface area contributed by atoms with Gasteiger partial charge in [-0.25, -0.2) is 14.1 Å². The maximum absolute atomic E-state index is 12.9. The van der Waals surface area contributed by atoms with Crippen LogP contribution in [0.5, 0.6) is 0 Å². The monoisotopic (exact) mass is 290 g/mol. The molecular weight excluding hydrogens is 279 g/mol. The second kappa shape index (κ2) is 6.25. The summed E-state index contributed by atoms with van der Waals surface area (Å²) in [5.41, 5.74) is 0.366. The standard InChI is InChI=1S/C15H11FO5/c16-11-4-2-10(3-5-11)14(17)12-6-1-9(8-21-20)7-13(12)15(18)19/h1-7,20H,8H2,(H,18,19). The van der Waals surface area contributed by atoms with E-state index >= 15 is 0 Å². The van der Waals surface area contributed by atoms with Gasteiger partial charge in [0.15, 0.2) is 5.78 Å². The van der Waals surface area contributed by atoms with Crippen molar-refractivity contribution in [2.45, 2.75) is 6.61 Å². The van der Waals surface area contributed by atoms with Crippen molar-refractivity contribution < 1.29 is 29.2 Å². The van der Waals surface area contributed by atoms with Crippen LogP contribution in [0.3, 0.4) is 0 Å². The van der Waals surface area contributed by atoms with E-state index in [0.717, 1.165) is 12.1 Å². The van der Waals surface area contributed by atoms with Crippen LogP contribution in [-0.4, -0.2) is 22.1 Å². The number of carboxylic acid groups (broad SMARTS) is 1. The average Bonchev–Trinajstić information content (AvgIpc) is 2.47.